The van der Waals surface area contributed by atoms with Crippen LogP contribution in [0.15, 0.2) is 48.5 Å². The Kier molecular flexibility index (Phi) is 6.05. The second kappa shape index (κ2) is 8.03. The predicted molar refractivity (Wildman–Crippen MR) is 86.0 cm³/mol. The third-order valence-corrected chi connectivity index (χ3v) is 3.38. The summed E-state index contributed by atoms with van der Waals surface area (Å²) in [7, 11) is 0. The van der Waals surface area contributed by atoms with Crippen molar-refractivity contribution in [2.24, 2.45) is 0 Å². The first-order valence-electron chi connectivity index (χ1n) is 6.99. The van der Waals surface area contributed by atoms with Gasteiger partial charge in [0.2, 0.25) is 0 Å². The van der Waals surface area contributed by atoms with E-state index in [1.807, 2.05) is 43.3 Å². The molecule has 0 aromatic heterocycles. The summed E-state index contributed by atoms with van der Waals surface area (Å²) in [6.07, 6.45) is -0.541. The average Bonchev–Trinajstić information content (AvgIpc) is 2.47. The Morgan fingerprint density at radius 1 is 1.19 bits per heavy atom. The lowest BCUT2D eigenvalue weighted by atomic mass is 10.1. The Morgan fingerprint density at radius 2 is 1.95 bits per heavy atom. The van der Waals surface area contributed by atoms with Crippen LogP contribution in [0.4, 0.5) is 0 Å². The summed E-state index contributed by atoms with van der Waals surface area (Å²) < 4.78 is 5.63. The van der Waals surface area contributed by atoms with Crippen LogP contribution in [0, 0.1) is 6.92 Å². The van der Waals surface area contributed by atoms with Crippen LogP contribution in [0.3, 0.4) is 0 Å². The smallest absolute Gasteiger partial charge is 0.119 e. The molecule has 0 heterocycles. The number of hydrogen-bond acceptors (Lipinski definition) is 3. The molecule has 21 heavy (non-hydrogen) atoms. The SMILES string of the molecule is Cc1cccc(OCCNCC(O)c2ccc(Cl)cc2)c1. The number of benzene rings is 2. The van der Waals surface area contributed by atoms with E-state index in [0.29, 0.717) is 24.7 Å². The maximum absolute atomic E-state index is 10.0. The van der Waals surface area contributed by atoms with Gasteiger partial charge in [0.1, 0.15) is 12.4 Å². The molecule has 0 saturated carbocycles. The van der Waals surface area contributed by atoms with E-state index in [1.54, 1.807) is 12.1 Å². The van der Waals surface area contributed by atoms with Gasteiger partial charge in [-0.05, 0) is 42.3 Å². The van der Waals surface area contributed by atoms with Crippen LogP contribution in [-0.4, -0.2) is 24.8 Å². The van der Waals surface area contributed by atoms with Crippen molar-refractivity contribution in [3.8, 4) is 5.75 Å². The van der Waals surface area contributed by atoms with Gasteiger partial charge in [-0.3, -0.25) is 0 Å². The monoisotopic (exact) mass is 305 g/mol. The fourth-order valence-electron chi connectivity index (χ4n) is 1.99. The molecule has 1 unspecified atom stereocenters. The topological polar surface area (TPSA) is 41.5 Å². The van der Waals surface area contributed by atoms with Crippen LogP contribution in [-0.2, 0) is 0 Å². The van der Waals surface area contributed by atoms with E-state index in [4.69, 9.17) is 16.3 Å². The van der Waals surface area contributed by atoms with Gasteiger partial charge in [-0.1, -0.05) is 35.9 Å². The number of aliphatic hydroxyl groups is 1. The Labute approximate surface area is 130 Å². The van der Waals surface area contributed by atoms with E-state index in [-0.39, 0.29) is 0 Å². The standard InChI is InChI=1S/C17H20ClNO2/c1-13-3-2-4-16(11-13)21-10-9-19-12-17(20)14-5-7-15(18)8-6-14/h2-8,11,17,19-20H,9-10,12H2,1H3. The van der Waals surface area contributed by atoms with Gasteiger partial charge in [-0.25, -0.2) is 0 Å². The normalized spacial score (nSPS) is 12.1. The highest BCUT2D eigenvalue weighted by atomic mass is 35.5. The van der Waals surface area contributed by atoms with Crippen LogP contribution >= 0.6 is 11.6 Å². The number of aliphatic hydroxyl groups excluding tert-OH is 1. The molecule has 4 heteroatoms. The van der Waals surface area contributed by atoms with Gasteiger partial charge in [-0.15, -0.1) is 0 Å². The molecule has 0 bridgehead atoms. The minimum Gasteiger partial charge on any atom is -0.492 e. The van der Waals surface area contributed by atoms with Crippen LogP contribution in [0.2, 0.25) is 5.02 Å². The number of hydrogen-bond donors (Lipinski definition) is 2. The van der Waals surface area contributed by atoms with Crippen molar-refractivity contribution in [1.29, 1.82) is 0 Å². The van der Waals surface area contributed by atoms with Gasteiger partial charge in [0.15, 0.2) is 0 Å². The first-order valence-corrected chi connectivity index (χ1v) is 7.36. The molecule has 2 rings (SSSR count). The second-order valence-corrected chi connectivity index (χ2v) is 5.37. The average molecular weight is 306 g/mol. The minimum atomic E-state index is -0.541. The van der Waals surface area contributed by atoms with Crippen LogP contribution in [0.25, 0.3) is 0 Å². The summed E-state index contributed by atoms with van der Waals surface area (Å²) in [6, 6.07) is 15.2. The maximum Gasteiger partial charge on any atom is 0.119 e. The van der Waals surface area contributed by atoms with Crippen LogP contribution in [0.5, 0.6) is 5.75 Å². The fourth-order valence-corrected chi connectivity index (χ4v) is 2.11. The largest absolute Gasteiger partial charge is 0.492 e. The summed E-state index contributed by atoms with van der Waals surface area (Å²) in [6.45, 7) is 3.77. The lowest BCUT2D eigenvalue weighted by Gasteiger charge is -2.13. The Morgan fingerprint density at radius 3 is 2.67 bits per heavy atom. The molecular formula is C17H20ClNO2. The van der Waals surface area contributed by atoms with Crippen LogP contribution < -0.4 is 10.1 Å². The number of ether oxygens (including phenoxy) is 1. The molecule has 0 aliphatic heterocycles. The highest BCUT2D eigenvalue weighted by molar-refractivity contribution is 6.30. The fraction of sp³-hybridized carbons (Fsp3) is 0.294. The molecule has 0 radical (unpaired) electrons. The van der Waals surface area contributed by atoms with Gasteiger partial charge in [0.05, 0.1) is 6.10 Å². The highest BCUT2D eigenvalue weighted by Crippen LogP contribution is 2.15. The molecule has 1 atom stereocenters. The van der Waals surface area contributed by atoms with Crippen molar-refractivity contribution >= 4 is 11.6 Å². The van der Waals surface area contributed by atoms with Crippen molar-refractivity contribution in [1.82, 2.24) is 5.32 Å². The van der Waals surface area contributed by atoms with Gasteiger partial charge < -0.3 is 15.2 Å². The molecule has 112 valence electrons. The predicted octanol–water partition coefficient (Wildman–Crippen LogP) is 3.35. The van der Waals surface area contributed by atoms with E-state index < -0.39 is 6.10 Å². The number of rotatable bonds is 7. The van der Waals surface area contributed by atoms with Crippen molar-refractivity contribution in [2.45, 2.75) is 13.0 Å². The third-order valence-electron chi connectivity index (χ3n) is 3.13. The van der Waals surface area contributed by atoms with Gasteiger partial charge >= 0.3 is 0 Å². The zero-order valence-electron chi connectivity index (χ0n) is 12.1. The highest BCUT2D eigenvalue weighted by Gasteiger charge is 2.06. The maximum atomic E-state index is 10.0. The molecule has 2 aromatic rings. The van der Waals surface area contributed by atoms with Crippen molar-refractivity contribution in [3.63, 3.8) is 0 Å². The van der Waals surface area contributed by atoms with Crippen molar-refractivity contribution in [2.75, 3.05) is 19.7 Å². The van der Waals surface area contributed by atoms with Crippen molar-refractivity contribution < 1.29 is 9.84 Å². The minimum absolute atomic E-state index is 0.485. The summed E-state index contributed by atoms with van der Waals surface area (Å²) >= 11 is 5.82. The van der Waals surface area contributed by atoms with Gasteiger partial charge in [-0.2, -0.15) is 0 Å². The van der Waals surface area contributed by atoms with E-state index in [2.05, 4.69) is 5.32 Å². The third kappa shape index (κ3) is 5.38. The molecule has 0 spiro atoms. The first-order chi connectivity index (χ1) is 10.1. The number of aryl methyl sites for hydroxylation is 1. The molecule has 2 aromatic carbocycles. The second-order valence-electron chi connectivity index (χ2n) is 4.94. The molecular weight excluding hydrogens is 286 g/mol. The van der Waals surface area contributed by atoms with Gasteiger partial charge in [0.25, 0.3) is 0 Å². The molecule has 3 nitrogen and oxygen atoms in total. The lowest BCUT2D eigenvalue weighted by molar-refractivity contribution is 0.172. The number of nitrogens with one attached hydrogen (secondary N) is 1. The van der Waals surface area contributed by atoms with E-state index >= 15 is 0 Å². The zero-order chi connectivity index (χ0) is 15.1. The quantitative estimate of drug-likeness (QED) is 0.771. The Balaban J connectivity index is 1.66. The van der Waals surface area contributed by atoms with E-state index in [1.165, 1.54) is 5.56 Å². The molecule has 0 amide bonds. The molecule has 0 saturated heterocycles. The summed E-state index contributed by atoms with van der Waals surface area (Å²) in [5.74, 6) is 0.870. The molecule has 2 N–H and O–H groups in total. The molecule has 0 aliphatic carbocycles. The van der Waals surface area contributed by atoms with Crippen LogP contribution in [0.1, 0.15) is 17.2 Å². The van der Waals surface area contributed by atoms with E-state index in [9.17, 15) is 5.11 Å². The molecule has 0 fully saturated rings. The summed E-state index contributed by atoms with van der Waals surface area (Å²) in [4.78, 5) is 0. The summed E-state index contributed by atoms with van der Waals surface area (Å²) in [5, 5.41) is 13.9. The number of halogens is 1. The zero-order valence-corrected chi connectivity index (χ0v) is 12.8. The first kappa shape index (κ1) is 15.8. The summed E-state index contributed by atoms with van der Waals surface area (Å²) in [5.41, 5.74) is 2.03. The van der Waals surface area contributed by atoms with Gasteiger partial charge in [0, 0.05) is 18.1 Å². The lowest BCUT2D eigenvalue weighted by Crippen LogP contribution is -2.26. The molecule has 0 aliphatic rings. The van der Waals surface area contributed by atoms with E-state index in [0.717, 1.165) is 11.3 Å². The Hall–Kier alpha value is -1.55. The van der Waals surface area contributed by atoms with Crippen molar-refractivity contribution in [3.05, 3.63) is 64.7 Å². The Bertz CT molecular complexity index is 557.